The number of benzene rings is 2. The zero-order valence-corrected chi connectivity index (χ0v) is 22.5. The predicted octanol–water partition coefficient (Wildman–Crippen LogP) is 7.66. The van der Waals surface area contributed by atoms with E-state index in [2.05, 4.69) is 63.9 Å². The third-order valence-electron chi connectivity index (χ3n) is 5.49. The molecule has 0 radical (unpaired) electrons. The van der Waals surface area contributed by atoms with Gasteiger partial charge in [0.1, 0.15) is 12.4 Å². The zero-order valence-electron chi connectivity index (χ0n) is 21.7. The van der Waals surface area contributed by atoms with Crippen molar-refractivity contribution < 1.29 is 4.79 Å². The number of rotatable bonds is 4. The molecule has 4 heteroatoms. The van der Waals surface area contributed by atoms with Crippen LogP contribution in [0.2, 0.25) is 5.02 Å². The Morgan fingerprint density at radius 2 is 1.88 bits per heavy atom. The molecule has 0 N–H and O–H groups in total. The van der Waals surface area contributed by atoms with Crippen molar-refractivity contribution >= 4 is 17.9 Å². The summed E-state index contributed by atoms with van der Waals surface area (Å²) in [7, 11) is 2.18. The van der Waals surface area contributed by atoms with Crippen LogP contribution in [0.15, 0.2) is 42.5 Å². The highest BCUT2D eigenvalue weighted by Crippen LogP contribution is 2.15. The Balaban J connectivity index is 0.000000419. The van der Waals surface area contributed by atoms with Crippen molar-refractivity contribution in [3.8, 4) is 6.07 Å². The van der Waals surface area contributed by atoms with Gasteiger partial charge < -0.3 is 9.69 Å². The number of halogens is 1. The molecule has 1 fully saturated rings. The molecule has 0 saturated carbocycles. The Kier molecular flexibility index (Phi) is 17.1. The lowest BCUT2D eigenvalue weighted by Gasteiger charge is -2.03. The van der Waals surface area contributed by atoms with E-state index in [1.165, 1.54) is 30.6 Å². The lowest BCUT2D eigenvalue weighted by atomic mass is 10.1. The van der Waals surface area contributed by atoms with Crippen LogP contribution in [0.4, 0.5) is 0 Å². The van der Waals surface area contributed by atoms with Gasteiger partial charge in [-0.25, -0.2) is 0 Å². The van der Waals surface area contributed by atoms with Crippen LogP contribution in [0.3, 0.4) is 0 Å². The van der Waals surface area contributed by atoms with Gasteiger partial charge in [0.05, 0.1) is 10.6 Å². The van der Waals surface area contributed by atoms with E-state index in [1.54, 1.807) is 12.1 Å². The number of carbonyl (C=O) groups excluding carboxylic acids is 1. The first-order valence-electron chi connectivity index (χ1n) is 12.0. The van der Waals surface area contributed by atoms with Gasteiger partial charge in [0.25, 0.3) is 0 Å². The number of aldehydes is 1. The van der Waals surface area contributed by atoms with Crippen LogP contribution in [0.25, 0.3) is 0 Å². The molecule has 0 aliphatic carbocycles. The average Bonchev–Trinajstić information content (AvgIpc) is 3.18. The second-order valence-corrected chi connectivity index (χ2v) is 9.34. The van der Waals surface area contributed by atoms with Gasteiger partial charge in [0.15, 0.2) is 0 Å². The lowest BCUT2D eigenvalue weighted by Crippen LogP contribution is -2.12. The normalized spacial score (nSPS) is 15.4. The zero-order chi connectivity index (χ0) is 25.2. The fourth-order valence-electron chi connectivity index (χ4n) is 3.40. The standard InChI is InChI=1S/C9H12.C8H6ClN.C6H13N.C6H12O/c1-3-9-7-5-4-6-8(9)2;1-6-2-3-7(5-10)8(9)4-6;1-6-3-4-7(2)5-6;1-3-4-6(2)5-7/h4-7H,3H2,1-2H3;2-4H,1H3;6H,3-5H2,1-2H3;5-6H,3-4H2,1-2H3. The first-order valence-corrected chi connectivity index (χ1v) is 12.4. The van der Waals surface area contributed by atoms with Gasteiger partial charge in [0.2, 0.25) is 0 Å². The molecular formula is C29H43ClN2O. The van der Waals surface area contributed by atoms with Crippen LogP contribution in [0.5, 0.6) is 0 Å². The molecular weight excluding hydrogens is 428 g/mol. The van der Waals surface area contributed by atoms with E-state index in [0.29, 0.717) is 10.6 Å². The molecule has 1 aliphatic heterocycles. The highest BCUT2D eigenvalue weighted by atomic mass is 35.5. The summed E-state index contributed by atoms with van der Waals surface area (Å²) in [6, 6.07) is 15.8. The van der Waals surface area contributed by atoms with Crippen molar-refractivity contribution in [2.75, 3.05) is 20.1 Å². The van der Waals surface area contributed by atoms with Crippen molar-refractivity contribution in [1.29, 1.82) is 5.26 Å². The molecule has 2 aromatic carbocycles. The van der Waals surface area contributed by atoms with Crippen molar-refractivity contribution in [3.63, 3.8) is 0 Å². The third kappa shape index (κ3) is 14.6. The second kappa shape index (κ2) is 18.3. The number of nitriles is 1. The fraction of sp³-hybridized carbons (Fsp3) is 0.517. The molecule has 0 amide bonds. The van der Waals surface area contributed by atoms with Crippen molar-refractivity contribution in [2.45, 2.75) is 67.2 Å². The van der Waals surface area contributed by atoms with Gasteiger partial charge >= 0.3 is 0 Å². The van der Waals surface area contributed by atoms with Crippen LogP contribution in [0.1, 0.15) is 69.2 Å². The summed E-state index contributed by atoms with van der Waals surface area (Å²) in [6.45, 7) is 15.2. The maximum Gasteiger partial charge on any atom is 0.122 e. The number of nitrogens with zero attached hydrogens (tertiary/aromatic N) is 2. The third-order valence-corrected chi connectivity index (χ3v) is 5.80. The molecule has 1 saturated heterocycles. The highest BCUT2D eigenvalue weighted by molar-refractivity contribution is 6.31. The Morgan fingerprint density at radius 1 is 1.21 bits per heavy atom. The van der Waals surface area contributed by atoms with Gasteiger partial charge in [-0.2, -0.15) is 5.26 Å². The minimum absolute atomic E-state index is 0.269. The largest absolute Gasteiger partial charge is 0.306 e. The van der Waals surface area contributed by atoms with Gasteiger partial charge in [0, 0.05) is 12.5 Å². The van der Waals surface area contributed by atoms with E-state index >= 15 is 0 Å². The first kappa shape index (κ1) is 30.9. The van der Waals surface area contributed by atoms with E-state index in [0.717, 1.165) is 37.0 Å². The monoisotopic (exact) mass is 470 g/mol. The van der Waals surface area contributed by atoms with Gasteiger partial charge in [-0.3, -0.25) is 0 Å². The van der Waals surface area contributed by atoms with E-state index < -0.39 is 0 Å². The summed E-state index contributed by atoms with van der Waals surface area (Å²) in [5, 5.41) is 9.00. The summed E-state index contributed by atoms with van der Waals surface area (Å²) in [4.78, 5) is 12.3. The Morgan fingerprint density at radius 3 is 2.21 bits per heavy atom. The second-order valence-electron chi connectivity index (χ2n) is 8.93. The van der Waals surface area contributed by atoms with Crippen LogP contribution in [-0.2, 0) is 11.2 Å². The molecule has 0 aromatic heterocycles. The van der Waals surface area contributed by atoms with E-state index in [-0.39, 0.29) is 5.92 Å². The van der Waals surface area contributed by atoms with Crippen molar-refractivity contribution in [1.82, 2.24) is 4.90 Å². The Hall–Kier alpha value is -2.15. The average molecular weight is 471 g/mol. The van der Waals surface area contributed by atoms with E-state index in [1.807, 2.05) is 26.0 Å². The highest BCUT2D eigenvalue weighted by Gasteiger charge is 2.13. The topological polar surface area (TPSA) is 44.1 Å². The SMILES string of the molecule is CC1CCN(C)C1.CCCC(C)C=O.CCc1ccccc1C.Cc1ccc(C#N)c(Cl)c1. The van der Waals surface area contributed by atoms with Crippen molar-refractivity contribution in [3.05, 3.63) is 69.7 Å². The smallest absolute Gasteiger partial charge is 0.122 e. The van der Waals surface area contributed by atoms with Gasteiger partial charge in [-0.15, -0.1) is 0 Å². The quantitative estimate of drug-likeness (QED) is 0.431. The molecule has 0 spiro atoms. The molecule has 182 valence electrons. The minimum Gasteiger partial charge on any atom is -0.306 e. The van der Waals surface area contributed by atoms with Crippen LogP contribution in [0, 0.1) is 37.0 Å². The molecule has 2 aromatic rings. The number of likely N-dealkylation sites (tertiary alicyclic amines) is 1. The van der Waals surface area contributed by atoms with Crippen LogP contribution < -0.4 is 0 Å². The predicted molar refractivity (Wildman–Crippen MR) is 143 cm³/mol. The molecule has 1 heterocycles. The maximum atomic E-state index is 9.89. The molecule has 2 atom stereocenters. The number of hydrogen-bond donors (Lipinski definition) is 0. The van der Waals surface area contributed by atoms with Gasteiger partial charge in [-0.1, -0.05) is 76.0 Å². The summed E-state index contributed by atoms with van der Waals surface area (Å²) >= 11 is 5.71. The number of carbonyl (C=O) groups is 1. The molecule has 0 bridgehead atoms. The van der Waals surface area contributed by atoms with Gasteiger partial charge in [-0.05, 0) is 81.4 Å². The summed E-state index contributed by atoms with van der Waals surface area (Å²) in [5.74, 6) is 1.22. The summed E-state index contributed by atoms with van der Waals surface area (Å²) in [5.41, 5.74) is 4.47. The number of aryl methyl sites for hydroxylation is 3. The molecule has 3 nitrogen and oxygen atoms in total. The molecule has 1 aliphatic rings. The number of hydrogen-bond acceptors (Lipinski definition) is 3. The van der Waals surface area contributed by atoms with Crippen LogP contribution >= 0.6 is 11.6 Å². The minimum atomic E-state index is 0.269. The lowest BCUT2D eigenvalue weighted by molar-refractivity contribution is -0.110. The first-order chi connectivity index (χ1) is 15.7. The fourth-order valence-corrected chi connectivity index (χ4v) is 3.67. The maximum absolute atomic E-state index is 9.89. The summed E-state index contributed by atoms with van der Waals surface area (Å²) < 4.78 is 0. The Bertz CT molecular complexity index is 836. The van der Waals surface area contributed by atoms with Crippen molar-refractivity contribution in [2.24, 2.45) is 11.8 Å². The molecule has 2 unspecified atom stereocenters. The Labute approximate surface area is 207 Å². The molecule has 3 rings (SSSR count). The molecule has 33 heavy (non-hydrogen) atoms. The summed E-state index contributed by atoms with van der Waals surface area (Å²) in [6.07, 6.45) is 5.69. The van der Waals surface area contributed by atoms with Crippen LogP contribution in [-0.4, -0.2) is 31.3 Å². The van der Waals surface area contributed by atoms with E-state index in [4.69, 9.17) is 16.9 Å². The van der Waals surface area contributed by atoms with E-state index in [9.17, 15) is 4.79 Å².